The molecule has 0 radical (unpaired) electrons. The van der Waals surface area contributed by atoms with Gasteiger partial charge in [0.2, 0.25) is 10.0 Å². The number of amides is 2. The van der Waals surface area contributed by atoms with Crippen molar-refractivity contribution in [3.8, 4) is 0 Å². The van der Waals surface area contributed by atoms with Crippen molar-refractivity contribution in [1.82, 2.24) is 10.0 Å². The SMILES string of the molecule is CC[C@@H]1C2C[C@H](O)CC[C@]2(C)[C@H]2CCC3(C)[C@@H]([C@H](C)CNC(=O)NS(=O)(=O)C4CC4)CC[C@H]3C2[C@@H]1O. The molecule has 0 aromatic rings. The van der Waals surface area contributed by atoms with Crippen LogP contribution >= 0.6 is 0 Å². The van der Waals surface area contributed by atoms with Gasteiger partial charge < -0.3 is 15.5 Å². The number of carbonyl (C=O) groups excluding carboxylic acids is 1. The topological polar surface area (TPSA) is 116 Å². The summed E-state index contributed by atoms with van der Waals surface area (Å²) in [6.45, 7) is 9.74. The van der Waals surface area contributed by atoms with Gasteiger partial charge in [-0.05, 0) is 110 Å². The largest absolute Gasteiger partial charge is 0.393 e. The van der Waals surface area contributed by atoms with Gasteiger partial charge in [0.25, 0.3) is 0 Å². The number of nitrogens with one attached hydrogen (secondary N) is 2. The van der Waals surface area contributed by atoms with Crippen molar-refractivity contribution in [2.45, 2.75) is 109 Å². The Bertz CT molecular complexity index is 954. The maximum atomic E-state index is 12.3. The monoisotopic (exact) mass is 524 g/mol. The fourth-order valence-corrected chi connectivity index (χ4v) is 11.2. The molecule has 5 fully saturated rings. The van der Waals surface area contributed by atoms with E-state index in [1.54, 1.807) is 0 Å². The van der Waals surface area contributed by atoms with Gasteiger partial charge >= 0.3 is 6.03 Å². The van der Waals surface area contributed by atoms with Crippen molar-refractivity contribution in [3.05, 3.63) is 0 Å². The predicted molar refractivity (Wildman–Crippen MR) is 139 cm³/mol. The van der Waals surface area contributed by atoms with Gasteiger partial charge in [-0.2, -0.15) is 0 Å². The number of aliphatic hydroxyl groups is 2. The fourth-order valence-electron chi connectivity index (χ4n) is 9.96. The highest BCUT2D eigenvalue weighted by Crippen LogP contribution is 2.69. The quantitative estimate of drug-likeness (QED) is 0.419. The smallest absolute Gasteiger partial charge is 0.328 e. The first kappa shape index (κ1) is 26.7. The van der Waals surface area contributed by atoms with E-state index in [9.17, 15) is 23.4 Å². The van der Waals surface area contributed by atoms with Crippen molar-refractivity contribution in [2.75, 3.05) is 6.54 Å². The second-order valence-electron chi connectivity index (χ2n) is 13.7. The molecule has 5 saturated carbocycles. The predicted octanol–water partition coefficient (Wildman–Crippen LogP) is 4.04. The van der Waals surface area contributed by atoms with Gasteiger partial charge in [0.05, 0.1) is 17.5 Å². The Morgan fingerprint density at radius 2 is 1.64 bits per heavy atom. The average Bonchev–Trinajstić information content (AvgIpc) is 3.62. The van der Waals surface area contributed by atoms with Crippen LogP contribution in [0, 0.1) is 52.3 Å². The van der Waals surface area contributed by atoms with E-state index in [0.29, 0.717) is 49.0 Å². The molecule has 0 saturated heterocycles. The molecule has 7 nitrogen and oxygen atoms in total. The second kappa shape index (κ2) is 9.41. The van der Waals surface area contributed by atoms with Gasteiger partial charge in [0.15, 0.2) is 0 Å². The Kier molecular flexibility index (Phi) is 6.98. The average molecular weight is 525 g/mol. The zero-order valence-electron chi connectivity index (χ0n) is 22.6. The molecule has 36 heavy (non-hydrogen) atoms. The molecule has 0 spiro atoms. The van der Waals surface area contributed by atoms with E-state index in [1.807, 2.05) is 0 Å². The highest BCUT2D eigenvalue weighted by molar-refractivity contribution is 7.90. The summed E-state index contributed by atoms with van der Waals surface area (Å²) in [4.78, 5) is 12.3. The number of fused-ring (bicyclic) bond motifs is 5. The lowest BCUT2D eigenvalue weighted by Crippen LogP contribution is -2.62. The van der Waals surface area contributed by atoms with Crippen LogP contribution < -0.4 is 10.0 Å². The lowest BCUT2D eigenvalue weighted by molar-refractivity contribution is -0.203. The number of sulfonamides is 1. The van der Waals surface area contributed by atoms with E-state index >= 15 is 0 Å². The number of hydrogen-bond donors (Lipinski definition) is 4. The van der Waals surface area contributed by atoms with E-state index in [2.05, 4.69) is 37.7 Å². The van der Waals surface area contributed by atoms with E-state index in [4.69, 9.17) is 0 Å². The van der Waals surface area contributed by atoms with Crippen molar-refractivity contribution < 1.29 is 23.4 Å². The van der Waals surface area contributed by atoms with Crippen LogP contribution in [0.3, 0.4) is 0 Å². The first-order valence-electron chi connectivity index (χ1n) is 14.6. The van der Waals surface area contributed by atoms with Gasteiger partial charge in [-0.15, -0.1) is 0 Å². The first-order chi connectivity index (χ1) is 16.9. The fraction of sp³-hybridized carbons (Fsp3) is 0.964. The van der Waals surface area contributed by atoms with E-state index in [0.717, 1.165) is 51.4 Å². The molecule has 0 heterocycles. The first-order valence-corrected chi connectivity index (χ1v) is 16.1. The molecule has 8 heteroatoms. The highest BCUT2D eigenvalue weighted by Gasteiger charge is 2.64. The lowest BCUT2D eigenvalue weighted by Gasteiger charge is -2.64. The Labute approximate surface area is 217 Å². The van der Waals surface area contributed by atoms with Crippen LogP contribution in [0.5, 0.6) is 0 Å². The Morgan fingerprint density at radius 3 is 2.31 bits per heavy atom. The molecule has 5 aliphatic carbocycles. The van der Waals surface area contributed by atoms with Gasteiger partial charge in [-0.3, -0.25) is 0 Å². The third kappa shape index (κ3) is 4.31. The summed E-state index contributed by atoms with van der Waals surface area (Å²) in [5.74, 6) is 2.62. The minimum Gasteiger partial charge on any atom is -0.393 e. The maximum Gasteiger partial charge on any atom is 0.328 e. The minimum absolute atomic E-state index is 0.121. The normalized spacial score (nSPS) is 47.3. The molecule has 11 atom stereocenters. The molecule has 5 aliphatic rings. The van der Waals surface area contributed by atoms with Gasteiger partial charge in [-0.25, -0.2) is 17.9 Å². The van der Waals surface area contributed by atoms with Gasteiger partial charge in [-0.1, -0.05) is 34.1 Å². The summed E-state index contributed by atoms with van der Waals surface area (Å²) in [6.07, 6.45) is 8.96. The number of rotatable bonds is 6. The van der Waals surface area contributed by atoms with Crippen molar-refractivity contribution >= 4 is 16.1 Å². The molecule has 0 bridgehead atoms. The summed E-state index contributed by atoms with van der Waals surface area (Å²) in [7, 11) is -3.54. The van der Waals surface area contributed by atoms with Crippen LogP contribution in [-0.4, -0.2) is 48.7 Å². The second-order valence-corrected chi connectivity index (χ2v) is 15.6. The lowest BCUT2D eigenvalue weighted by atomic mass is 9.41. The molecular weight excluding hydrogens is 476 g/mol. The van der Waals surface area contributed by atoms with E-state index in [-0.39, 0.29) is 34.9 Å². The Morgan fingerprint density at radius 1 is 0.972 bits per heavy atom. The van der Waals surface area contributed by atoms with Crippen LogP contribution in [-0.2, 0) is 10.0 Å². The summed E-state index contributed by atoms with van der Waals surface area (Å²) in [5.41, 5.74) is 0.316. The molecule has 3 unspecified atom stereocenters. The number of hydrogen-bond acceptors (Lipinski definition) is 5. The molecule has 0 aromatic carbocycles. The van der Waals surface area contributed by atoms with Crippen LogP contribution in [0.15, 0.2) is 0 Å². The third-order valence-electron chi connectivity index (χ3n) is 11.9. The van der Waals surface area contributed by atoms with Crippen LogP contribution in [0.2, 0.25) is 0 Å². The van der Waals surface area contributed by atoms with Gasteiger partial charge in [0.1, 0.15) is 0 Å². The standard InChI is InChI=1S/C28H48N2O5S/c1-5-19-23-14-17(31)10-12-28(23,4)22-11-13-27(3)20(8-9-21(27)24(22)25(19)32)16(2)15-29-26(33)30-36(34,35)18-6-7-18/h16-25,31-32H,5-15H2,1-4H3,(H2,29,30,33)/t16-,17-,19-,20-,21+,22+,23?,24?,25-,27?,28-/m1/s1. The number of urea groups is 1. The van der Waals surface area contributed by atoms with E-state index in [1.165, 1.54) is 0 Å². The molecular formula is C28H48N2O5S. The minimum atomic E-state index is -3.54. The van der Waals surface area contributed by atoms with E-state index < -0.39 is 21.3 Å². The summed E-state index contributed by atoms with van der Waals surface area (Å²) < 4.78 is 26.4. The highest BCUT2D eigenvalue weighted by atomic mass is 32.2. The number of aliphatic hydroxyl groups excluding tert-OH is 2. The summed E-state index contributed by atoms with van der Waals surface area (Å²) in [6, 6.07) is -0.607. The maximum absolute atomic E-state index is 12.3. The number of carbonyl (C=O) groups is 1. The van der Waals surface area contributed by atoms with Crippen LogP contribution in [0.25, 0.3) is 0 Å². The molecule has 206 valence electrons. The summed E-state index contributed by atoms with van der Waals surface area (Å²) in [5, 5.41) is 24.7. The van der Waals surface area contributed by atoms with Gasteiger partial charge in [0, 0.05) is 6.54 Å². The molecule has 2 amide bonds. The third-order valence-corrected chi connectivity index (χ3v) is 13.8. The van der Waals surface area contributed by atoms with Crippen LogP contribution in [0.4, 0.5) is 4.79 Å². The zero-order valence-corrected chi connectivity index (χ0v) is 23.4. The molecule has 4 N–H and O–H groups in total. The molecule has 0 aromatic heterocycles. The van der Waals surface area contributed by atoms with Crippen molar-refractivity contribution in [3.63, 3.8) is 0 Å². The summed E-state index contributed by atoms with van der Waals surface area (Å²) >= 11 is 0. The van der Waals surface area contributed by atoms with Crippen LogP contribution in [0.1, 0.15) is 91.9 Å². The zero-order chi connectivity index (χ0) is 26.0. The Hall–Kier alpha value is -0.860. The van der Waals surface area contributed by atoms with Crippen molar-refractivity contribution in [1.29, 1.82) is 0 Å². The molecule has 5 rings (SSSR count). The Balaban J connectivity index is 1.29. The molecule has 0 aliphatic heterocycles. The van der Waals surface area contributed by atoms with Crippen molar-refractivity contribution in [2.24, 2.45) is 52.3 Å².